The molecule has 0 bridgehead atoms. The first-order valence-electron chi connectivity index (χ1n) is 6.20. The van der Waals surface area contributed by atoms with E-state index in [2.05, 4.69) is 0 Å². The van der Waals surface area contributed by atoms with Gasteiger partial charge in [0.15, 0.2) is 6.10 Å². The van der Waals surface area contributed by atoms with Gasteiger partial charge in [-0.05, 0) is 18.0 Å². The first kappa shape index (κ1) is 16.9. The molecule has 20 heavy (non-hydrogen) atoms. The van der Waals surface area contributed by atoms with Gasteiger partial charge in [0.05, 0.1) is 19.1 Å². The van der Waals surface area contributed by atoms with E-state index in [9.17, 15) is 9.59 Å². The second kappa shape index (κ2) is 8.18. The number of hydrogen-bond donors (Lipinski definition) is 1. The molecule has 2 heterocycles. The van der Waals surface area contributed by atoms with Crippen molar-refractivity contribution in [3.63, 3.8) is 0 Å². The van der Waals surface area contributed by atoms with Crippen LogP contribution in [-0.2, 0) is 28.6 Å². The molecule has 0 aliphatic carbocycles. The van der Waals surface area contributed by atoms with Gasteiger partial charge in [0, 0.05) is 20.0 Å². The van der Waals surface area contributed by atoms with Crippen molar-refractivity contribution in [2.45, 2.75) is 44.5 Å². The molecule has 0 aromatic rings. The van der Waals surface area contributed by atoms with E-state index in [4.69, 9.17) is 35.7 Å². The predicted molar refractivity (Wildman–Crippen MR) is 67.4 cm³/mol. The zero-order chi connectivity index (χ0) is 15.1. The van der Waals surface area contributed by atoms with Crippen LogP contribution in [0.4, 0.5) is 0 Å². The second-order valence-corrected chi connectivity index (χ2v) is 4.82. The summed E-state index contributed by atoms with van der Waals surface area (Å²) in [6, 6.07) is 0. The summed E-state index contributed by atoms with van der Waals surface area (Å²) in [5, 5.41) is 6.88. The fourth-order valence-corrected chi connectivity index (χ4v) is 2.05. The van der Waals surface area contributed by atoms with Gasteiger partial charge in [0.1, 0.15) is 6.10 Å². The first-order chi connectivity index (χ1) is 9.40. The van der Waals surface area contributed by atoms with Crippen LogP contribution in [-0.4, -0.2) is 53.8 Å². The third-order valence-electron chi connectivity index (χ3n) is 2.73. The third kappa shape index (κ3) is 5.85. The van der Waals surface area contributed by atoms with E-state index in [0.29, 0.717) is 13.2 Å². The molecule has 2 fully saturated rings. The van der Waals surface area contributed by atoms with Crippen LogP contribution in [0.2, 0.25) is 0 Å². The average molecular weight is 309 g/mol. The minimum atomic E-state index is -0.833. The summed E-state index contributed by atoms with van der Waals surface area (Å²) < 4.78 is 16.0. The van der Waals surface area contributed by atoms with Crippen molar-refractivity contribution >= 4 is 28.8 Å². The highest BCUT2D eigenvalue weighted by Crippen LogP contribution is 2.28. The summed E-state index contributed by atoms with van der Waals surface area (Å²) in [6.45, 7) is 2.10. The van der Waals surface area contributed by atoms with Gasteiger partial charge >= 0.3 is 5.97 Å². The minimum absolute atomic E-state index is 0.00290. The van der Waals surface area contributed by atoms with Crippen LogP contribution in [0.15, 0.2) is 0 Å². The van der Waals surface area contributed by atoms with E-state index in [1.54, 1.807) is 0 Å². The van der Waals surface area contributed by atoms with Gasteiger partial charge < -0.3 is 19.3 Å². The van der Waals surface area contributed by atoms with Crippen LogP contribution < -0.4 is 0 Å². The number of carboxylic acid groups (broad SMARTS) is 1. The number of carboxylic acids is 1. The molecule has 0 aromatic heterocycles. The highest BCUT2D eigenvalue weighted by atomic mass is 35.5. The van der Waals surface area contributed by atoms with Crippen molar-refractivity contribution in [1.82, 2.24) is 0 Å². The number of carbonyl (C=O) groups is 3. The number of carbonyl (C=O) groups excluding carboxylic acids is 2. The maximum absolute atomic E-state index is 11.3. The van der Waals surface area contributed by atoms with Crippen molar-refractivity contribution in [3.05, 3.63) is 0 Å². The summed E-state index contributed by atoms with van der Waals surface area (Å²) >= 11 is 5.13. The summed E-state index contributed by atoms with van der Waals surface area (Å²) in [7, 11) is 0. The zero-order valence-electron chi connectivity index (χ0n) is 11.0. The Bertz CT molecular complexity index is 367. The fourth-order valence-electron chi connectivity index (χ4n) is 1.96. The zero-order valence-corrected chi connectivity index (χ0v) is 11.8. The van der Waals surface area contributed by atoms with E-state index in [0.717, 1.165) is 13.3 Å². The number of rotatable bonds is 4. The van der Waals surface area contributed by atoms with Gasteiger partial charge in [-0.1, -0.05) is 0 Å². The lowest BCUT2D eigenvalue weighted by molar-refractivity contribution is -0.154. The molecule has 2 rings (SSSR count). The summed E-state index contributed by atoms with van der Waals surface area (Å²) in [5.41, 5.74) is 0. The lowest BCUT2D eigenvalue weighted by Crippen LogP contribution is -2.32. The molecule has 2 aliphatic heterocycles. The summed E-state index contributed by atoms with van der Waals surface area (Å²) in [4.78, 5) is 30.8. The van der Waals surface area contributed by atoms with Crippen molar-refractivity contribution in [2.75, 3.05) is 13.2 Å². The topological polar surface area (TPSA) is 99.1 Å². The number of fused-ring (bicyclic) bond motifs is 1. The number of aliphatic carboxylic acids is 1. The van der Waals surface area contributed by atoms with Crippen molar-refractivity contribution in [2.24, 2.45) is 0 Å². The molecule has 1 unspecified atom stereocenters. The van der Waals surface area contributed by atoms with E-state index in [-0.39, 0.29) is 31.2 Å². The Morgan fingerprint density at radius 3 is 2.55 bits per heavy atom. The molecule has 114 valence electrons. The number of halogens is 1. The molecular formula is C12H17ClO7. The summed E-state index contributed by atoms with van der Waals surface area (Å²) in [5.74, 6) is -1.27. The largest absolute Gasteiger partial charge is 0.481 e. The van der Waals surface area contributed by atoms with Gasteiger partial charge in [0.2, 0.25) is 5.24 Å². The molecule has 3 atom stereocenters. The normalized spacial score (nSPS) is 27.2. The Morgan fingerprint density at radius 1 is 1.30 bits per heavy atom. The van der Waals surface area contributed by atoms with Gasteiger partial charge in [-0.2, -0.15) is 0 Å². The molecule has 7 nitrogen and oxygen atoms in total. The third-order valence-corrected chi connectivity index (χ3v) is 2.92. The Kier molecular flexibility index (Phi) is 6.90. The van der Waals surface area contributed by atoms with Crippen LogP contribution in [0, 0.1) is 0 Å². The molecule has 8 heteroatoms. The predicted octanol–water partition coefficient (Wildman–Crippen LogP) is 0.722. The Labute approximate surface area is 121 Å². The number of hydrogen-bond acceptors (Lipinski definition) is 6. The van der Waals surface area contributed by atoms with Gasteiger partial charge in [-0.3, -0.25) is 14.4 Å². The van der Waals surface area contributed by atoms with Gasteiger partial charge in [-0.25, -0.2) is 0 Å². The molecule has 2 aliphatic rings. The Morgan fingerprint density at radius 2 is 1.95 bits per heavy atom. The minimum Gasteiger partial charge on any atom is -0.481 e. The van der Waals surface area contributed by atoms with Gasteiger partial charge in [-0.15, -0.1) is 0 Å². The molecule has 0 spiro atoms. The van der Waals surface area contributed by atoms with Crippen LogP contribution >= 0.6 is 11.6 Å². The quantitative estimate of drug-likeness (QED) is 0.603. The average Bonchev–Trinajstić information content (AvgIpc) is 2.90. The summed E-state index contributed by atoms with van der Waals surface area (Å²) in [6.07, 6.45) is 0.423. The van der Waals surface area contributed by atoms with E-state index >= 15 is 0 Å². The van der Waals surface area contributed by atoms with Crippen LogP contribution in [0.3, 0.4) is 0 Å². The van der Waals surface area contributed by atoms with E-state index in [1.807, 2.05) is 0 Å². The highest BCUT2D eigenvalue weighted by Gasteiger charge is 2.43. The monoisotopic (exact) mass is 308 g/mol. The number of esters is 1. The Balaban J connectivity index is 0.000000444. The molecule has 1 N–H and O–H groups in total. The maximum Gasteiger partial charge on any atom is 0.306 e. The van der Waals surface area contributed by atoms with Gasteiger partial charge in [0.25, 0.3) is 5.97 Å². The Hall–Kier alpha value is -1.18. The maximum atomic E-state index is 11.3. The number of ether oxygens (including phenoxy) is 3. The molecule has 0 radical (unpaired) electrons. The van der Waals surface area contributed by atoms with Crippen LogP contribution in [0.5, 0.6) is 0 Å². The van der Waals surface area contributed by atoms with E-state index in [1.165, 1.54) is 0 Å². The standard InChI is InChI=1S/C10H13ClO5.C2H4O2/c11-8(12)1-2-9(13)16-7-5-15-6-3-4-14-10(6)7;1-2(3)4/h6-7,10H,1-5H2;1H3,(H,3,4)/t6-,7?,10+;/m1./s1. The van der Waals surface area contributed by atoms with Crippen molar-refractivity contribution in [3.8, 4) is 0 Å². The molecular weight excluding hydrogens is 292 g/mol. The van der Waals surface area contributed by atoms with Crippen molar-refractivity contribution < 1.29 is 33.7 Å². The van der Waals surface area contributed by atoms with E-state index < -0.39 is 17.2 Å². The van der Waals surface area contributed by atoms with Crippen LogP contribution in [0.1, 0.15) is 26.2 Å². The molecule has 2 saturated heterocycles. The lowest BCUT2D eigenvalue weighted by Gasteiger charge is -2.16. The highest BCUT2D eigenvalue weighted by molar-refractivity contribution is 6.63. The first-order valence-corrected chi connectivity index (χ1v) is 6.58. The second-order valence-electron chi connectivity index (χ2n) is 4.40. The molecule has 0 amide bonds. The lowest BCUT2D eigenvalue weighted by atomic mass is 10.1. The van der Waals surface area contributed by atoms with Crippen LogP contribution in [0.25, 0.3) is 0 Å². The molecule has 0 aromatic carbocycles. The SMILES string of the molecule is CC(=O)O.O=C(Cl)CCC(=O)OC1CO[C@@H]2CCO[C@H]12. The smallest absolute Gasteiger partial charge is 0.306 e. The van der Waals surface area contributed by atoms with Crippen molar-refractivity contribution in [1.29, 1.82) is 0 Å². The molecule has 0 saturated carbocycles. The fraction of sp³-hybridized carbons (Fsp3) is 0.750.